The summed E-state index contributed by atoms with van der Waals surface area (Å²) in [4.78, 5) is 10.1. The Hall–Kier alpha value is -2.30. The van der Waals surface area contributed by atoms with Gasteiger partial charge in [-0.25, -0.2) is 0 Å². The lowest BCUT2D eigenvalue weighted by Gasteiger charge is -2.18. The van der Waals surface area contributed by atoms with Gasteiger partial charge in [0.05, 0.1) is 10.4 Å². The Bertz CT molecular complexity index is 643. The first-order valence-corrected chi connectivity index (χ1v) is 5.94. The van der Waals surface area contributed by atoms with Crippen molar-refractivity contribution in [3.8, 4) is 0 Å². The van der Waals surface area contributed by atoms with Crippen molar-refractivity contribution in [1.82, 2.24) is 4.57 Å². The normalized spacial score (nSPS) is 14.7. The van der Waals surface area contributed by atoms with Crippen LogP contribution in [0.4, 0.5) is 5.82 Å². The molecule has 0 aliphatic carbocycles. The van der Waals surface area contributed by atoms with E-state index in [2.05, 4.69) is 16.0 Å². The summed E-state index contributed by atoms with van der Waals surface area (Å²) in [5, 5.41) is 14.9. The van der Waals surface area contributed by atoms with E-state index in [9.17, 15) is 10.1 Å². The zero-order valence-electron chi connectivity index (χ0n) is 9.80. The number of nitrogens with one attached hydrogen (secondary N) is 1. The van der Waals surface area contributed by atoms with Gasteiger partial charge in [-0.05, 0) is 12.5 Å². The number of para-hydroxylation sites is 1. The lowest BCUT2D eigenvalue weighted by molar-refractivity contribution is -0.400. The lowest BCUT2D eigenvalue weighted by atomic mass is 10.1. The average molecular weight is 243 g/mol. The molecule has 0 radical (unpaired) electrons. The van der Waals surface area contributed by atoms with Crippen LogP contribution in [-0.4, -0.2) is 16.0 Å². The number of nitro groups is 1. The fourth-order valence-corrected chi connectivity index (χ4v) is 2.50. The van der Waals surface area contributed by atoms with Crippen molar-refractivity contribution in [2.45, 2.75) is 13.0 Å². The molecule has 0 unspecified atom stereocenters. The quantitative estimate of drug-likeness (QED) is 0.651. The SMILES string of the molecule is O=[N+]([O-])C=Cc1c2n(c3ccccc13)CCCN2. The van der Waals surface area contributed by atoms with Gasteiger partial charge in [0.25, 0.3) is 0 Å². The third kappa shape index (κ3) is 1.64. The molecule has 1 N–H and O–H groups in total. The van der Waals surface area contributed by atoms with E-state index in [0.29, 0.717) is 0 Å². The molecule has 92 valence electrons. The van der Waals surface area contributed by atoms with Crippen molar-refractivity contribution in [1.29, 1.82) is 0 Å². The summed E-state index contributed by atoms with van der Waals surface area (Å²) in [7, 11) is 0. The van der Waals surface area contributed by atoms with E-state index in [1.165, 1.54) is 0 Å². The van der Waals surface area contributed by atoms with Gasteiger partial charge in [-0.1, -0.05) is 18.2 Å². The van der Waals surface area contributed by atoms with Crippen LogP contribution in [-0.2, 0) is 6.54 Å². The Balaban J connectivity index is 2.25. The van der Waals surface area contributed by atoms with Gasteiger partial charge < -0.3 is 9.88 Å². The monoisotopic (exact) mass is 243 g/mol. The van der Waals surface area contributed by atoms with Gasteiger partial charge in [0, 0.05) is 30.1 Å². The zero-order chi connectivity index (χ0) is 12.5. The van der Waals surface area contributed by atoms with E-state index in [1.54, 1.807) is 6.08 Å². The van der Waals surface area contributed by atoms with Crippen LogP contribution in [0.15, 0.2) is 30.5 Å². The number of anilines is 1. The number of rotatable bonds is 2. The maximum Gasteiger partial charge on any atom is 0.235 e. The van der Waals surface area contributed by atoms with Crippen LogP contribution in [0.1, 0.15) is 12.0 Å². The number of hydrogen-bond acceptors (Lipinski definition) is 3. The van der Waals surface area contributed by atoms with Crippen LogP contribution in [0.5, 0.6) is 0 Å². The minimum absolute atomic E-state index is 0.429. The highest BCUT2D eigenvalue weighted by Gasteiger charge is 2.17. The minimum atomic E-state index is -0.429. The molecule has 0 amide bonds. The largest absolute Gasteiger partial charge is 0.371 e. The fourth-order valence-electron chi connectivity index (χ4n) is 2.50. The second-order valence-electron chi connectivity index (χ2n) is 4.31. The molecule has 5 nitrogen and oxygen atoms in total. The molecule has 0 spiro atoms. The van der Waals surface area contributed by atoms with Gasteiger partial charge in [-0.3, -0.25) is 10.1 Å². The number of hydrogen-bond donors (Lipinski definition) is 1. The van der Waals surface area contributed by atoms with E-state index < -0.39 is 4.92 Å². The van der Waals surface area contributed by atoms with Crippen LogP contribution in [0.2, 0.25) is 0 Å². The third-order valence-corrected chi connectivity index (χ3v) is 3.22. The molecule has 5 heteroatoms. The molecular formula is C13H13N3O2. The van der Waals surface area contributed by atoms with Crippen LogP contribution in [0.3, 0.4) is 0 Å². The molecule has 0 bridgehead atoms. The standard InChI is InChI=1S/C13H13N3O2/c17-16(18)9-6-11-10-4-1-2-5-12(10)15-8-3-7-14-13(11)15/h1-2,4-6,9,14H,3,7-8H2. The van der Waals surface area contributed by atoms with Crippen LogP contribution in [0, 0.1) is 10.1 Å². The summed E-state index contributed by atoms with van der Waals surface area (Å²) in [6.45, 7) is 1.87. The number of benzene rings is 1. The predicted molar refractivity (Wildman–Crippen MR) is 71.1 cm³/mol. The summed E-state index contributed by atoms with van der Waals surface area (Å²) < 4.78 is 2.19. The van der Waals surface area contributed by atoms with Crippen LogP contribution in [0.25, 0.3) is 17.0 Å². The highest BCUT2D eigenvalue weighted by molar-refractivity contribution is 5.96. The topological polar surface area (TPSA) is 60.1 Å². The number of aromatic nitrogens is 1. The Morgan fingerprint density at radius 3 is 3.06 bits per heavy atom. The van der Waals surface area contributed by atoms with Crippen molar-refractivity contribution in [2.24, 2.45) is 0 Å². The molecule has 1 aromatic carbocycles. The van der Waals surface area contributed by atoms with Gasteiger partial charge >= 0.3 is 0 Å². The first-order valence-electron chi connectivity index (χ1n) is 5.94. The molecule has 0 atom stereocenters. The van der Waals surface area contributed by atoms with Gasteiger partial charge in [0.2, 0.25) is 6.20 Å². The predicted octanol–water partition coefficient (Wildman–Crippen LogP) is 2.70. The first-order chi connectivity index (χ1) is 8.77. The van der Waals surface area contributed by atoms with Crippen LogP contribution >= 0.6 is 0 Å². The van der Waals surface area contributed by atoms with Crippen molar-refractivity contribution in [2.75, 3.05) is 11.9 Å². The molecule has 3 rings (SSSR count). The molecule has 1 aliphatic rings. The van der Waals surface area contributed by atoms with E-state index in [-0.39, 0.29) is 0 Å². The second-order valence-corrected chi connectivity index (χ2v) is 4.31. The Kier molecular flexibility index (Phi) is 2.51. The zero-order valence-corrected chi connectivity index (χ0v) is 9.80. The number of aryl methyl sites for hydroxylation is 1. The summed E-state index contributed by atoms with van der Waals surface area (Å²) in [5.74, 6) is 0.987. The molecule has 1 aliphatic heterocycles. The van der Waals surface area contributed by atoms with Gasteiger partial charge in [-0.15, -0.1) is 0 Å². The van der Waals surface area contributed by atoms with Gasteiger partial charge in [-0.2, -0.15) is 0 Å². The number of nitrogens with zero attached hydrogens (tertiary/aromatic N) is 2. The van der Waals surface area contributed by atoms with Gasteiger partial charge in [0.15, 0.2) is 0 Å². The maximum atomic E-state index is 10.5. The highest BCUT2D eigenvalue weighted by atomic mass is 16.6. The smallest absolute Gasteiger partial charge is 0.235 e. The van der Waals surface area contributed by atoms with Crippen molar-refractivity contribution in [3.05, 3.63) is 46.1 Å². The van der Waals surface area contributed by atoms with E-state index in [0.717, 1.165) is 48.0 Å². The summed E-state index contributed by atoms with van der Waals surface area (Å²) in [5.41, 5.74) is 2.03. The van der Waals surface area contributed by atoms with Gasteiger partial charge in [0.1, 0.15) is 5.82 Å². The minimum Gasteiger partial charge on any atom is -0.371 e. The van der Waals surface area contributed by atoms with Crippen molar-refractivity contribution in [3.63, 3.8) is 0 Å². The van der Waals surface area contributed by atoms with Crippen molar-refractivity contribution < 1.29 is 4.92 Å². The molecule has 0 saturated heterocycles. The van der Waals surface area contributed by atoms with E-state index >= 15 is 0 Å². The Morgan fingerprint density at radius 1 is 1.39 bits per heavy atom. The third-order valence-electron chi connectivity index (χ3n) is 3.22. The average Bonchev–Trinajstić information content (AvgIpc) is 2.71. The fraction of sp³-hybridized carbons (Fsp3) is 0.231. The van der Waals surface area contributed by atoms with E-state index in [4.69, 9.17) is 0 Å². The maximum absolute atomic E-state index is 10.5. The van der Waals surface area contributed by atoms with E-state index in [1.807, 2.05) is 18.2 Å². The van der Waals surface area contributed by atoms with Crippen molar-refractivity contribution >= 4 is 22.8 Å². The summed E-state index contributed by atoms with van der Waals surface area (Å²) >= 11 is 0. The summed E-state index contributed by atoms with van der Waals surface area (Å²) in [6.07, 6.45) is 3.65. The highest BCUT2D eigenvalue weighted by Crippen LogP contribution is 2.33. The number of fused-ring (bicyclic) bond motifs is 3. The Morgan fingerprint density at radius 2 is 2.22 bits per heavy atom. The second kappa shape index (κ2) is 4.18. The molecule has 18 heavy (non-hydrogen) atoms. The molecule has 2 aromatic rings. The van der Waals surface area contributed by atoms with Crippen LogP contribution < -0.4 is 5.32 Å². The molecule has 2 heterocycles. The first kappa shape index (κ1) is 10.8. The molecular weight excluding hydrogens is 230 g/mol. The Labute approximate surface area is 104 Å². The molecule has 0 fully saturated rings. The summed E-state index contributed by atoms with van der Waals surface area (Å²) in [6, 6.07) is 8.00. The lowest BCUT2D eigenvalue weighted by Crippen LogP contribution is -2.16. The molecule has 0 saturated carbocycles. The molecule has 1 aromatic heterocycles.